The van der Waals surface area contributed by atoms with Gasteiger partial charge in [-0.05, 0) is 6.07 Å². The van der Waals surface area contributed by atoms with Gasteiger partial charge in [0.15, 0.2) is 5.69 Å². The molecule has 0 amide bonds. The maximum Gasteiger partial charge on any atom is 0.267 e. The van der Waals surface area contributed by atoms with Crippen LogP contribution in [0.4, 0.5) is 5.69 Å². The lowest BCUT2D eigenvalue weighted by Crippen LogP contribution is -2.35. The summed E-state index contributed by atoms with van der Waals surface area (Å²) in [6.07, 6.45) is 0. The number of quaternary nitrogens is 1. The Morgan fingerprint density at radius 2 is 1.64 bits per heavy atom. The minimum Gasteiger partial charge on any atom is -0.297 e. The molecule has 0 radical (unpaired) electrons. The van der Waals surface area contributed by atoms with E-state index in [4.69, 9.17) is 10.7 Å². The van der Waals surface area contributed by atoms with Crippen molar-refractivity contribution in [3.63, 3.8) is 0 Å². The lowest BCUT2D eigenvalue weighted by atomic mass is 10.3. The Morgan fingerprint density at radius 3 is 2.00 bits per heavy atom. The van der Waals surface area contributed by atoms with Crippen molar-refractivity contribution in [2.45, 2.75) is 4.90 Å². The van der Waals surface area contributed by atoms with Crippen molar-refractivity contribution >= 4 is 25.4 Å². The van der Waals surface area contributed by atoms with Crippen LogP contribution in [0.2, 0.25) is 0 Å². The molecule has 0 saturated heterocycles. The fourth-order valence-corrected chi connectivity index (χ4v) is 2.44. The second kappa shape index (κ2) is 3.53. The van der Waals surface area contributed by atoms with Crippen LogP contribution >= 0.6 is 10.7 Å². The summed E-state index contributed by atoms with van der Waals surface area (Å²) in [6, 6.07) is 6.73. The van der Waals surface area contributed by atoms with Crippen LogP contribution in [0.3, 0.4) is 0 Å². The molecule has 1 aromatic carbocycles. The Balaban J connectivity index is 3.47. The van der Waals surface area contributed by atoms with E-state index in [-0.39, 0.29) is 4.90 Å². The minimum absolute atomic E-state index is 0.175. The molecule has 3 nitrogen and oxygen atoms in total. The summed E-state index contributed by atoms with van der Waals surface area (Å²) >= 11 is 0. The molecule has 0 atom stereocenters. The van der Waals surface area contributed by atoms with Gasteiger partial charge in [-0.3, -0.25) is 4.48 Å². The summed E-state index contributed by atoms with van der Waals surface area (Å²) in [6.45, 7) is 0. The van der Waals surface area contributed by atoms with Crippen molar-refractivity contribution in [3.8, 4) is 0 Å². The Morgan fingerprint density at radius 1 is 1.14 bits per heavy atom. The summed E-state index contributed by atoms with van der Waals surface area (Å²) in [5.74, 6) is 0. The third-order valence-corrected chi connectivity index (χ3v) is 3.22. The third kappa shape index (κ3) is 2.47. The van der Waals surface area contributed by atoms with Crippen molar-refractivity contribution in [1.82, 2.24) is 4.48 Å². The van der Waals surface area contributed by atoms with Crippen LogP contribution in [-0.4, -0.2) is 29.6 Å². The lowest BCUT2D eigenvalue weighted by molar-refractivity contribution is 0.476. The Bertz CT molecular complexity index is 434. The molecule has 5 heteroatoms. The van der Waals surface area contributed by atoms with Gasteiger partial charge < -0.3 is 0 Å². The Labute approximate surface area is 88.9 Å². The van der Waals surface area contributed by atoms with Crippen molar-refractivity contribution in [3.05, 3.63) is 24.3 Å². The van der Waals surface area contributed by atoms with Crippen molar-refractivity contribution in [2.24, 2.45) is 0 Å². The SMILES string of the molecule is C[N+](C)(C)c1ccccc1S(=O)(=O)Cl. The number of hydrogen-bond acceptors (Lipinski definition) is 2. The molecule has 0 unspecified atom stereocenters. The maximum absolute atomic E-state index is 11.3. The zero-order valence-corrected chi connectivity index (χ0v) is 9.93. The second-order valence-corrected chi connectivity index (χ2v) is 6.45. The quantitative estimate of drug-likeness (QED) is 0.578. The van der Waals surface area contributed by atoms with Crippen LogP contribution in [0, 0.1) is 0 Å². The molecule has 0 fully saturated rings. The molecular formula is C9H13ClNO2S+. The van der Waals surface area contributed by atoms with Gasteiger partial charge in [-0.1, -0.05) is 12.1 Å². The molecule has 0 aliphatic rings. The highest BCUT2D eigenvalue weighted by Crippen LogP contribution is 2.28. The van der Waals surface area contributed by atoms with Gasteiger partial charge in [0.1, 0.15) is 4.90 Å². The maximum atomic E-state index is 11.3. The molecule has 0 spiro atoms. The van der Waals surface area contributed by atoms with Crippen molar-refractivity contribution in [2.75, 3.05) is 21.1 Å². The van der Waals surface area contributed by atoms with Crippen LogP contribution in [0.5, 0.6) is 0 Å². The zero-order chi connectivity index (χ0) is 11.0. The number of para-hydroxylation sites is 1. The zero-order valence-electron chi connectivity index (χ0n) is 8.36. The van der Waals surface area contributed by atoms with Gasteiger partial charge in [0.2, 0.25) is 0 Å². The van der Waals surface area contributed by atoms with E-state index in [1.165, 1.54) is 6.07 Å². The fourth-order valence-electron chi connectivity index (χ4n) is 1.22. The minimum atomic E-state index is -3.66. The molecule has 1 rings (SSSR count). The number of hydrogen-bond donors (Lipinski definition) is 0. The number of halogens is 1. The summed E-state index contributed by atoms with van der Waals surface area (Å²) in [5.41, 5.74) is 0.683. The molecule has 0 aromatic heterocycles. The predicted octanol–water partition coefficient (Wildman–Crippen LogP) is 1.81. The first kappa shape index (κ1) is 11.5. The van der Waals surface area contributed by atoms with Crippen LogP contribution in [0.15, 0.2) is 29.2 Å². The van der Waals surface area contributed by atoms with Crippen LogP contribution in [0.1, 0.15) is 0 Å². The Kier molecular flexibility index (Phi) is 2.90. The monoisotopic (exact) mass is 234 g/mol. The number of nitrogens with zero attached hydrogens (tertiary/aromatic N) is 1. The smallest absolute Gasteiger partial charge is 0.267 e. The molecule has 0 aliphatic carbocycles. The predicted molar refractivity (Wildman–Crippen MR) is 59.0 cm³/mol. The summed E-state index contributed by atoms with van der Waals surface area (Å²) in [7, 11) is 7.34. The average molecular weight is 235 g/mol. The van der Waals surface area contributed by atoms with Crippen molar-refractivity contribution < 1.29 is 8.42 Å². The molecule has 0 bridgehead atoms. The van der Waals surface area contributed by atoms with Gasteiger partial charge in [-0.2, -0.15) is 0 Å². The standard InChI is InChI=1S/C9H13ClNO2S/c1-11(2,3)8-6-4-5-7-9(8)14(10,12)13/h4-7H,1-3H3/q+1. The summed E-state index contributed by atoms with van der Waals surface area (Å²) < 4.78 is 22.9. The van der Waals surface area contributed by atoms with Crippen LogP contribution in [0.25, 0.3) is 0 Å². The molecule has 14 heavy (non-hydrogen) atoms. The van der Waals surface area contributed by atoms with Gasteiger partial charge in [-0.25, -0.2) is 8.42 Å². The topological polar surface area (TPSA) is 34.1 Å². The van der Waals surface area contributed by atoms with E-state index in [1.54, 1.807) is 18.2 Å². The van der Waals surface area contributed by atoms with Crippen molar-refractivity contribution in [1.29, 1.82) is 0 Å². The van der Waals surface area contributed by atoms with Gasteiger partial charge in [0, 0.05) is 16.7 Å². The first-order valence-electron chi connectivity index (χ1n) is 4.08. The van der Waals surface area contributed by atoms with Crippen LogP contribution in [-0.2, 0) is 9.05 Å². The first-order valence-corrected chi connectivity index (χ1v) is 6.39. The number of rotatable bonds is 2. The molecule has 0 aliphatic heterocycles. The van der Waals surface area contributed by atoms with E-state index >= 15 is 0 Å². The largest absolute Gasteiger partial charge is 0.297 e. The van der Waals surface area contributed by atoms with Gasteiger partial charge in [-0.15, -0.1) is 0 Å². The highest BCUT2D eigenvalue weighted by atomic mass is 35.7. The molecular weight excluding hydrogens is 222 g/mol. The summed E-state index contributed by atoms with van der Waals surface area (Å²) in [4.78, 5) is 0.175. The molecule has 0 N–H and O–H groups in total. The molecule has 0 saturated carbocycles. The molecule has 0 heterocycles. The highest BCUT2D eigenvalue weighted by molar-refractivity contribution is 8.13. The lowest BCUT2D eigenvalue weighted by Gasteiger charge is -2.24. The highest BCUT2D eigenvalue weighted by Gasteiger charge is 2.24. The van der Waals surface area contributed by atoms with E-state index in [0.717, 1.165) is 0 Å². The van der Waals surface area contributed by atoms with E-state index in [0.29, 0.717) is 10.2 Å². The first-order chi connectivity index (χ1) is 6.23. The van der Waals surface area contributed by atoms with Gasteiger partial charge in [0.25, 0.3) is 9.05 Å². The number of benzene rings is 1. The normalized spacial score (nSPS) is 12.9. The molecule has 78 valence electrons. The Hall–Kier alpha value is -0.580. The van der Waals surface area contributed by atoms with E-state index in [1.807, 2.05) is 21.1 Å². The van der Waals surface area contributed by atoms with Gasteiger partial charge in [0.05, 0.1) is 21.1 Å². The second-order valence-electron chi connectivity index (χ2n) is 3.92. The van der Waals surface area contributed by atoms with E-state index < -0.39 is 9.05 Å². The fraction of sp³-hybridized carbons (Fsp3) is 0.333. The van der Waals surface area contributed by atoms with E-state index in [2.05, 4.69) is 0 Å². The summed E-state index contributed by atoms with van der Waals surface area (Å²) in [5, 5.41) is 0. The van der Waals surface area contributed by atoms with E-state index in [9.17, 15) is 8.42 Å². The average Bonchev–Trinajstić information content (AvgIpc) is 2.01. The van der Waals surface area contributed by atoms with Gasteiger partial charge >= 0.3 is 0 Å². The van der Waals surface area contributed by atoms with Crippen LogP contribution < -0.4 is 4.48 Å². The third-order valence-electron chi connectivity index (χ3n) is 1.85. The molecule has 1 aromatic rings.